The van der Waals surface area contributed by atoms with Gasteiger partial charge >= 0.3 is 5.97 Å². The number of likely N-dealkylation sites (N-methyl/N-ethyl adjacent to an activating group) is 1. The molecule has 10 heteroatoms. The number of nitrogens with two attached hydrogens (primary N) is 1. The van der Waals surface area contributed by atoms with Crippen molar-refractivity contribution in [3.05, 3.63) is 11.6 Å². The van der Waals surface area contributed by atoms with E-state index < -0.39 is 11.9 Å². The highest BCUT2D eigenvalue weighted by Gasteiger charge is 2.72. The molecule has 0 aromatic carbocycles. The second kappa shape index (κ2) is 11.2. The zero-order valence-corrected chi connectivity index (χ0v) is 30.2. The number of allylic oxidation sites excluding steroid dienone is 1. The van der Waals surface area contributed by atoms with Crippen molar-refractivity contribution in [2.75, 3.05) is 39.1 Å². The zero-order chi connectivity index (χ0) is 33.7. The third-order valence-electron chi connectivity index (χ3n) is 16.0. The van der Waals surface area contributed by atoms with E-state index >= 15 is 0 Å². The van der Waals surface area contributed by atoms with Crippen LogP contribution in [0.15, 0.2) is 11.6 Å². The predicted octanol–water partition coefficient (Wildman–Crippen LogP) is 5.86. The van der Waals surface area contributed by atoms with Crippen LogP contribution in [0.2, 0.25) is 0 Å². The van der Waals surface area contributed by atoms with Crippen LogP contribution in [0.4, 0.5) is 5.95 Å². The van der Waals surface area contributed by atoms with Crippen LogP contribution in [-0.4, -0.2) is 81.7 Å². The van der Waals surface area contributed by atoms with Crippen molar-refractivity contribution in [1.82, 2.24) is 25.1 Å². The first kappa shape index (κ1) is 33.5. The van der Waals surface area contributed by atoms with Gasteiger partial charge in [0.15, 0.2) is 0 Å². The van der Waals surface area contributed by atoms with Gasteiger partial charge in [0.2, 0.25) is 0 Å². The molecule has 1 unspecified atom stereocenters. The molecule has 3 heterocycles. The van der Waals surface area contributed by atoms with E-state index in [2.05, 4.69) is 81.9 Å². The van der Waals surface area contributed by atoms with E-state index in [0.29, 0.717) is 49.5 Å². The molecular weight excluding hydrogens is 592 g/mol. The van der Waals surface area contributed by atoms with Crippen LogP contribution < -0.4 is 5.73 Å². The van der Waals surface area contributed by atoms with Crippen molar-refractivity contribution >= 4 is 11.9 Å². The summed E-state index contributed by atoms with van der Waals surface area (Å²) in [6.07, 6.45) is 10.5. The number of hydrogen-bond donors (Lipinski definition) is 2. The van der Waals surface area contributed by atoms with Gasteiger partial charge in [0.1, 0.15) is 6.04 Å². The first-order valence-electron chi connectivity index (χ1n) is 18.5. The highest BCUT2D eigenvalue weighted by molar-refractivity contribution is 5.73. The average Bonchev–Trinajstić information content (AvgIpc) is 3.63. The van der Waals surface area contributed by atoms with Gasteiger partial charge in [-0.2, -0.15) is 4.80 Å². The maximum absolute atomic E-state index is 13.4. The molecule has 262 valence electrons. The summed E-state index contributed by atoms with van der Waals surface area (Å²) in [6.45, 7) is 19.3. The van der Waals surface area contributed by atoms with Crippen LogP contribution in [0.1, 0.15) is 106 Å². The van der Waals surface area contributed by atoms with Crippen molar-refractivity contribution in [2.45, 2.75) is 118 Å². The Labute approximate surface area is 281 Å². The first-order chi connectivity index (χ1) is 22.1. The normalized spacial score (nSPS) is 47.1. The topological polar surface area (TPSA) is 129 Å². The summed E-state index contributed by atoms with van der Waals surface area (Å²) in [6, 6.07) is 0.293. The van der Waals surface area contributed by atoms with Gasteiger partial charge in [-0.1, -0.05) is 65.2 Å². The molecule has 10 nitrogen and oxygen atoms in total. The third kappa shape index (κ3) is 4.58. The number of anilines is 1. The number of carboxylic acids is 1. The molecule has 5 fully saturated rings. The summed E-state index contributed by atoms with van der Waals surface area (Å²) >= 11 is 0. The fraction of sp³-hybridized carbons (Fsp3) is 0.892. The number of hydrogen-bond acceptors (Lipinski definition) is 8. The van der Waals surface area contributed by atoms with E-state index in [9.17, 15) is 9.90 Å². The molecule has 2 saturated heterocycles. The van der Waals surface area contributed by atoms with Crippen molar-refractivity contribution in [3.63, 3.8) is 0 Å². The number of rotatable bonds is 7. The van der Waals surface area contributed by atoms with Crippen LogP contribution in [0.25, 0.3) is 0 Å². The lowest BCUT2D eigenvalue weighted by Crippen LogP contribution is -2.69. The molecule has 0 radical (unpaired) electrons. The number of aromatic nitrogens is 4. The van der Waals surface area contributed by atoms with Gasteiger partial charge in [-0.15, -0.1) is 5.10 Å². The summed E-state index contributed by atoms with van der Waals surface area (Å²) < 4.78 is 13.7. The highest BCUT2D eigenvalue weighted by Crippen LogP contribution is 2.75. The molecule has 4 aliphatic carbocycles. The Balaban J connectivity index is 1.30. The monoisotopic (exact) mass is 652 g/mol. The fourth-order valence-corrected chi connectivity index (χ4v) is 12.9. The van der Waals surface area contributed by atoms with E-state index in [1.165, 1.54) is 12.0 Å². The molecule has 2 bridgehead atoms. The summed E-state index contributed by atoms with van der Waals surface area (Å²) in [5, 5.41) is 24.2. The lowest BCUT2D eigenvalue weighted by molar-refractivity contribution is -0.253. The van der Waals surface area contributed by atoms with Crippen LogP contribution in [0.5, 0.6) is 0 Å². The number of fused-ring (bicyclic) bond motifs is 3. The molecule has 3 N–H and O–H groups in total. The molecule has 1 aromatic rings. The lowest BCUT2D eigenvalue weighted by Gasteiger charge is -2.71. The minimum absolute atomic E-state index is 0.120. The minimum Gasteiger partial charge on any atom is -0.481 e. The molecule has 0 spiro atoms. The van der Waals surface area contributed by atoms with Gasteiger partial charge in [-0.25, -0.2) is 0 Å². The molecule has 6 aliphatic rings. The van der Waals surface area contributed by atoms with Gasteiger partial charge in [0.25, 0.3) is 5.95 Å². The lowest BCUT2D eigenvalue weighted by atomic mass is 9.34. The van der Waals surface area contributed by atoms with Crippen molar-refractivity contribution < 1.29 is 19.4 Å². The van der Waals surface area contributed by atoms with Gasteiger partial charge in [0, 0.05) is 16.9 Å². The standard InChI is InChI=1S/C37H60N6O4/c1-22(2)23(3)33(4)15-16-35(6)25-11-12-28-34(5)20-46-21-37(28,26(25)13-14-36(35,7)29(33)31(44)45)18-27(43-40-32(38)39-41-43)30(34)47-19-24-10-9-17-42(24)8/h13,22-25,27-30H,9-12,14-21H2,1-8H3,(H2,38,40)(H,44,45)/t23-,24?,25+,27-,28+,29-,30+,33-,34-,35-,36+,37+/m1/s1. The SMILES string of the molecule is CC(C)[C@@H](C)[C@@]1(C)CC[C@]2(C)[C@H]3CC[C@@H]4[C@@]5(COC[C@@]4(C)[C@@H](OCC4CCCN4C)[C@H](n4nnc(N)n4)C5)C3=CC[C@@]2(C)[C@@H]1C(=O)O. The molecular formula is C37H60N6O4. The summed E-state index contributed by atoms with van der Waals surface area (Å²) in [5.41, 5.74) is 6.42. The van der Waals surface area contributed by atoms with E-state index in [0.717, 1.165) is 51.5 Å². The van der Waals surface area contributed by atoms with Crippen LogP contribution in [-0.2, 0) is 14.3 Å². The number of carboxylic acid groups (broad SMARTS) is 1. The van der Waals surface area contributed by atoms with E-state index in [-0.39, 0.29) is 45.2 Å². The number of carbonyl (C=O) groups is 1. The smallest absolute Gasteiger partial charge is 0.307 e. The number of nitrogen functional groups attached to an aromatic ring is 1. The number of ether oxygens (including phenoxy) is 2. The average molecular weight is 653 g/mol. The molecule has 0 amide bonds. The van der Waals surface area contributed by atoms with E-state index in [4.69, 9.17) is 15.2 Å². The van der Waals surface area contributed by atoms with Crippen LogP contribution in [0, 0.1) is 56.7 Å². The Bertz CT molecular complexity index is 1410. The third-order valence-corrected chi connectivity index (χ3v) is 16.0. The largest absolute Gasteiger partial charge is 0.481 e. The number of aliphatic carboxylic acids is 1. The number of tetrazole rings is 1. The molecule has 12 atom stereocenters. The van der Waals surface area contributed by atoms with E-state index in [1.54, 1.807) is 4.80 Å². The van der Waals surface area contributed by atoms with Gasteiger partial charge in [0.05, 0.1) is 31.8 Å². The second-order valence-electron chi connectivity index (χ2n) is 18.1. The maximum atomic E-state index is 13.4. The Morgan fingerprint density at radius 3 is 2.53 bits per heavy atom. The highest BCUT2D eigenvalue weighted by atomic mass is 16.5. The van der Waals surface area contributed by atoms with Crippen LogP contribution in [0.3, 0.4) is 0 Å². The van der Waals surface area contributed by atoms with Crippen LogP contribution >= 0.6 is 0 Å². The summed E-state index contributed by atoms with van der Waals surface area (Å²) in [5.74, 6) is 0.619. The first-order valence-corrected chi connectivity index (χ1v) is 18.5. The molecule has 2 aliphatic heterocycles. The van der Waals surface area contributed by atoms with Gasteiger partial charge in [-0.3, -0.25) is 4.79 Å². The number of likely N-dealkylation sites (tertiary alicyclic amines) is 1. The van der Waals surface area contributed by atoms with E-state index in [1.807, 2.05) is 0 Å². The summed E-state index contributed by atoms with van der Waals surface area (Å²) in [4.78, 5) is 17.6. The van der Waals surface area contributed by atoms with Gasteiger partial charge < -0.3 is 25.2 Å². The molecule has 1 aromatic heterocycles. The second-order valence-corrected chi connectivity index (χ2v) is 18.1. The Kier molecular flexibility index (Phi) is 8.00. The fourth-order valence-electron chi connectivity index (χ4n) is 12.9. The Morgan fingerprint density at radius 2 is 1.89 bits per heavy atom. The zero-order valence-electron chi connectivity index (χ0n) is 30.2. The minimum atomic E-state index is -0.619. The molecule has 7 rings (SSSR count). The van der Waals surface area contributed by atoms with Crippen molar-refractivity contribution in [1.29, 1.82) is 0 Å². The molecule has 3 saturated carbocycles. The van der Waals surface area contributed by atoms with Gasteiger partial charge in [-0.05, 0) is 110 Å². The van der Waals surface area contributed by atoms with Crippen molar-refractivity contribution in [3.8, 4) is 0 Å². The Morgan fingerprint density at radius 1 is 1.13 bits per heavy atom. The predicted molar refractivity (Wildman–Crippen MR) is 180 cm³/mol. The molecule has 47 heavy (non-hydrogen) atoms. The number of nitrogens with zero attached hydrogens (tertiary/aromatic N) is 5. The van der Waals surface area contributed by atoms with Crippen molar-refractivity contribution in [2.24, 2.45) is 56.7 Å². The quantitative estimate of drug-likeness (QED) is 0.348. The Hall–Kier alpha value is -2.04. The maximum Gasteiger partial charge on any atom is 0.307 e. The summed E-state index contributed by atoms with van der Waals surface area (Å²) in [7, 11) is 2.20.